The molecule has 0 saturated carbocycles. The molecule has 0 aliphatic heterocycles. The molecule has 54 valence electrons. The minimum Gasteiger partial charge on any atom is -0.260 e. The maximum absolute atomic E-state index is 8.20. The molecule has 2 nitrogen and oxygen atoms in total. The summed E-state index contributed by atoms with van der Waals surface area (Å²) in [6.45, 7) is 0. The van der Waals surface area contributed by atoms with Crippen molar-refractivity contribution in [3.8, 4) is 6.07 Å². The Morgan fingerprint density at radius 2 is 2.09 bits per heavy atom. The van der Waals surface area contributed by atoms with E-state index in [1.807, 2.05) is 36.4 Å². The van der Waals surface area contributed by atoms with Crippen LogP contribution >= 0.6 is 0 Å². The van der Waals surface area contributed by atoms with E-state index in [-0.39, 0.29) is 0 Å². The van der Waals surface area contributed by atoms with Crippen LogP contribution in [0.25, 0.3) is 0 Å². The van der Waals surface area contributed by atoms with Gasteiger partial charge in [0.1, 0.15) is 0 Å². The SMILES string of the molecule is N#CCC=Nc1ccccc1. The van der Waals surface area contributed by atoms with Crippen molar-refractivity contribution in [2.75, 3.05) is 0 Å². The highest BCUT2D eigenvalue weighted by atomic mass is 14.7. The van der Waals surface area contributed by atoms with Crippen LogP contribution in [0.1, 0.15) is 6.42 Å². The fourth-order valence-electron chi connectivity index (χ4n) is 0.706. The zero-order valence-electron chi connectivity index (χ0n) is 6.07. The van der Waals surface area contributed by atoms with Gasteiger partial charge in [-0.3, -0.25) is 4.99 Å². The number of rotatable bonds is 2. The van der Waals surface area contributed by atoms with E-state index >= 15 is 0 Å². The van der Waals surface area contributed by atoms with Crippen molar-refractivity contribution in [2.45, 2.75) is 6.42 Å². The fourth-order valence-corrected chi connectivity index (χ4v) is 0.706. The quantitative estimate of drug-likeness (QED) is 0.586. The average molecular weight is 144 g/mol. The van der Waals surface area contributed by atoms with Crippen LogP contribution in [-0.4, -0.2) is 6.21 Å². The van der Waals surface area contributed by atoms with Gasteiger partial charge in [-0.05, 0) is 12.1 Å². The van der Waals surface area contributed by atoms with Gasteiger partial charge in [0.25, 0.3) is 0 Å². The molecular weight excluding hydrogens is 136 g/mol. The summed E-state index contributed by atoms with van der Waals surface area (Å²) < 4.78 is 0. The number of benzene rings is 1. The van der Waals surface area contributed by atoms with Gasteiger partial charge in [0, 0.05) is 6.21 Å². The molecule has 0 amide bonds. The Morgan fingerprint density at radius 3 is 2.73 bits per heavy atom. The highest BCUT2D eigenvalue weighted by Gasteiger charge is 1.81. The Morgan fingerprint density at radius 1 is 1.36 bits per heavy atom. The monoisotopic (exact) mass is 144 g/mol. The van der Waals surface area contributed by atoms with Crippen molar-refractivity contribution >= 4 is 11.9 Å². The van der Waals surface area contributed by atoms with E-state index in [0.29, 0.717) is 6.42 Å². The lowest BCUT2D eigenvalue weighted by Crippen LogP contribution is -1.68. The summed E-state index contributed by atoms with van der Waals surface area (Å²) >= 11 is 0. The third kappa shape index (κ3) is 2.63. The summed E-state index contributed by atoms with van der Waals surface area (Å²) in [4.78, 5) is 4.05. The maximum atomic E-state index is 8.20. The Kier molecular flexibility index (Phi) is 2.88. The van der Waals surface area contributed by atoms with Crippen LogP contribution < -0.4 is 0 Å². The van der Waals surface area contributed by atoms with Crippen molar-refractivity contribution in [3.63, 3.8) is 0 Å². The first-order valence-electron chi connectivity index (χ1n) is 3.38. The van der Waals surface area contributed by atoms with Crippen LogP contribution in [0.5, 0.6) is 0 Å². The Labute approximate surface area is 65.8 Å². The molecule has 1 aromatic carbocycles. The zero-order chi connectivity index (χ0) is 7.94. The summed E-state index contributed by atoms with van der Waals surface area (Å²) in [5.41, 5.74) is 0.891. The van der Waals surface area contributed by atoms with Crippen molar-refractivity contribution < 1.29 is 0 Å². The standard InChI is InChI=1S/C9H8N2/c10-7-4-8-11-9-5-2-1-3-6-9/h1-3,5-6,8H,4H2. The van der Waals surface area contributed by atoms with Gasteiger partial charge in [-0.2, -0.15) is 5.26 Å². The lowest BCUT2D eigenvalue weighted by atomic mass is 10.3. The Bertz CT molecular complexity index is 269. The van der Waals surface area contributed by atoms with Gasteiger partial charge in [0.15, 0.2) is 0 Å². The van der Waals surface area contributed by atoms with Crippen molar-refractivity contribution in [1.29, 1.82) is 5.26 Å². The molecule has 0 bridgehead atoms. The van der Waals surface area contributed by atoms with E-state index in [0.717, 1.165) is 5.69 Å². The Hall–Kier alpha value is -1.62. The summed E-state index contributed by atoms with van der Waals surface area (Å²) in [6, 6.07) is 11.5. The van der Waals surface area contributed by atoms with E-state index in [4.69, 9.17) is 5.26 Å². The molecule has 0 saturated heterocycles. The third-order valence-corrected chi connectivity index (χ3v) is 1.18. The predicted molar refractivity (Wildman–Crippen MR) is 44.8 cm³/mol. The van der Waals surface area contributed by atoms with Gasteiger partial charge in [-0.1, -0.05) is 18.2 Å². The summed E-state index contributed by atoms with van der Waals surface area (Å²) in [7, 11) is 0. The topological polar surface area (TPSA) is 36.1 Å². The molecule has 1 aromatic rings. The highest BCUT2D eigenvalue weighted by molar-refractivity contribution is 5.65. The van der Waals surface area contributed by atoms with Crippen LogP contribution in [0, 0.1) is 11.3 Å². The molecule has 1 rings (SSSR count). The highest BCUT2D eigenvalue weighted by Crippen LogP contribution is 2.08. The fraction of sp³-hybridized carbons (Fsp3) is 0.111. The number of para-hydroxylation sites is 1. The summed E-state index contributed by atoms with van der Waals surface area (Å²) in [6.07, 6.45) is 1.98. The first kappa shape index (κ1) is 7.49. The van der Waals surface area contributed by atoms with Gasteiger partial charge in [-0.15, -0.1) is 0 Å². The maximum Gasteiger partial charge on any atom is 0.0705 e. The zero-order valence-corrected chi connectivity index (χ0v) is 6.07. The van der Waals surface area contributed by atoms with Crippen LogP contribution in [0.15, 0.2) is 35.3 Å². The molecular formula is C9H8N2. The lowest BCUT2D eigenvalue weighted by molar-refractivity contribution is 1.41. The van der Waals surface area contributed by atoms with Crippen molar-refractivity contribution in [3.05, 3.63) is 30.3 Å². The van der Waals surface area contributed by atoms with Gasteiger partial charge in [-0.25, -0.2) is 0 Å². The molecule has 0 N–H and O–H groups in total. The largest absolute Gasteiger partial charge is 0.260 e. The molecule has 0 fully saturated rings. The molecule has 0 aromatic heterocycles. The Balaban J connectivity index is 2.59. The van der Waals surface area contributed by atoms with E-state index in [1.165, 1.54) is 0 Å². The second kappa shape index (κ2) is 4.24. The van der Waals surface area contributed by atoms with Gasteiger partial charge in [0.05, 0.1) is 18.2 Å². The molecule has 0 unspecified atom stereocenters. The van der Waals surface area contributed by atoms with E-state index in [2.05, 4.69) is 4.99 Å². The molecule has 0 spiro atoms. The van der Waals surface area contributed by atoms with Crippen LogP contribution in [0.4, 0.5) is 5.69 Å². The van der Waals surface area contributed by atoms with Crippen LogP contribution in [-0.2, 0) is 0 Å². The molecule has 0 radical (unpaired) electrons. The third-order valence-electron chi connectivity index (χ3n) is 1.18. The number of aliphatic imine (C=N–C) groups is 1. The van der Waals surface area contributed by atoms with Crippen LogP contribution in [0.3, 0.4) is 0 Å². The molecule has 2 heteroatoms. The first-order chi connectivity index (χ1) is 5.43. The molecule has 0 heterocycles. The minimum absolute atomic E-state index is 0.370. The number of nitrogens with zero attached hydrogens (tertiary/aromatic N) is 2. The molecule has 0 aliphatic rings. The van der Waals surface area contributed by atoms with E-state index in [1.54, 1.807) is 6.21 Å². The number of nitriles is 1. The average Bonchev–Trinajstić information content (AvgIpc) is 2.07. The lowest BCUT2D eigenvalue weighted by Gasteiger charge is -1.87. The minimum atomic E-state index is 0.370. The normalized spacial score (nSPS) is 9.73. The number of hydrogen-bond donors (Lipinski definition) is 0. The second-order valence-corrected chi connectivity index (χ2v) is 2.01. The molecule has 0 aliphatic carbocycles. The van der Waals surface area contributed by atoms with Gasteiger partial charge in [0.2, 0.25) is 0 Å². The van der Waals surface area contributed by atoms with Gasteiger partial charge >= 0.3 is 0 Å². The molecule has 11 heavy (non-hydrogen) atoms. The summed E-state index contributed by atoms with van der Waals surface area (Å²) in [5.74, 6) is 0. The van der Waals surface area contributed by atoms with E-state index in [9.17, 15) is 0 Å². The van der Waals surface area contributed by atoms with Crippen molar-refractivity contribution in [1.82, 2.24) is 0 Å². The second-order valence-electron chi connectivity index (χ2n) is 2.01. The van der Waals surface area contributed by atoms with Crippen molar-refractivity contribution in [2.24, 2.45) is 4.99 Å². The molecule has 0 atom stereocenters. The summed E-state index contributed by atoms with van der Waals surface area (Å²) in [5, 5.41) is 8.20. The first-order valence-corrected chi connectivity index (χ1v) is 3.38. The van der Waals surface area contributed by atoms with E-state index < -0.39 is 0 Å². The van der Waals surface area contributed by atoms with Crippen LogP contribution in [0.2, 0.25) is 0 Å². The number of hydrogen-bond acceptors (Lipinski definition) is 2. The van der Waals surface area contributed by atoms with Gasteiger partial charge < -0.3 is 0 Å². The predicted octanol–water partition coefficient (Wildman–Crippen LogP) is 2.30. The smallest absolute Gasteiger partial charge is 0.0705 e.